The molecule has 1 rings (SSSR count). The Morgan fingerprint density at radius 1 is 1.09 bits per heavy atom. The van der Waals surface area contributed by atoms with E-state index in [1.165, 1.54) is 14.7 Å². The van der Waals surface area contributed by atoms with Crippen molar-refractivity contribution >= 4 is 47.4 Å². The first kappa shape index (κ1) is 14.1. The van der Waals surface area contributed by atoms with E-state index in [0.717, 1.165) is 0 Å². The van der Waals surface area contributed by atoms with E-state index >= 15 is 0 Å². The van der Waals surface area contributed by atoms with Crippen LogP contribution in [0.4, 0.5) is 0 Å². The van der Waals surface area contributed by atoms with Crippen LogP contribution in [0.25, 0.3) is 0 Å². The van der Waals surface area contributed by atoms with Crippen LogP contribution < -0.4 is 0 Å². The Balaban J connectivity index is 0. The second-order valence-corrected chi connectivity index (χ2v) is 3.41. The van der Waals surface area contributed by atoms with Gasteiger partial charge in [0.1, 0.15) is 0 Å². The lowest BCUT2D eigenvalue weighted by molar-refractivity contribution is 1.36. The lowest BCUT2D eigenvalue weighted by Gasteiger charge is -1.96. The first-order valence-electron chi connectivity index (χ1n) is 2.93. The van der Waals surface area contributed by atoms with Gasteiger partial charge in [-0.1, -0.05) is 17.7 Å². The molecule has 0 aromatic heterocycles. The number of hydrogen-bond acceptors (Lipinski definition) is 0. The number of rotatable bonds is 0. The van der Waals surface area contributed by atoms with Gasteiger partial charge in [-0.2, -0.15) is 0 Å². The molecule has 1 aromatic carbocycles. The summed E-state index contributed by atoms with van der Waals surface area (Å²) in [5.74, 6) is 0. The predicted molar refractivity (Wildman–Crippen MR) is 63.1 cm³/mol. The minimum atomic E-state index is 0. The summed E-state index contributed by atoms with van der Waals surface area (Å²) in [6, 6.07) is 6.48. The Morgan fingerprint density at radius 2 is 1.64 bits per heavy atom. The molecule has 0 N–H and O–H groups in total. The average Bonchev–Trinajstić information content (AvgIpc) is 1.80. The highest BCUT2D eigenvalue weighted by Crippen LogP contribution is 2.11. The van der Waals surface area contributed by atoms with Crippen LogP contribution in [0.3, 0.4) is 0 Å². The number of hydrogen-bond donors (Lipinski definition) is 0. The lowest BCUT2D eigenvalue weighted by Crippen LogP contribution is -1.79. The van der Waals surface area contributed by atoms with Crippen molar-refractivity contribution in [2.24, 2.45) is 0 Å². The molecule has 0 saturated carbocycles. The van der Waals surface area contributed by atoms with Gasteiger partial charge in [0, 0.05) is 3.57 Å². The molecule has 64 valence electrons. The molecule has 0 atom stereocenters. The van der Waals surface area contributed by atoms with Crippen molar-refractivity contribution in [2.45, 2.75) is 13.8 Å². The highest BCUT2D eigenvalue weighted by molar-refractivity contribution is 14.1. The van der Waals surface area contributed by atoms with E-state index in [-0.39, 0.29) is 24.8 Å². The standard InChI is InChI=1S/C8H9I.2ClH/c1-6-3-4-7(2)8(9)5-6;;/h3-5H,1-2H3;2*1H. The van der Waals surface area contributed by atoms with Gasteiger partial charge in [0.25, 0.3) is 0 Å². The van der Waals surface area contributed by atoms with Crippen LogP contribution in [0.15, 0.2) is 18.2 Å². The van der Waals surface area contributed by atoms with E-state index in [4.69, 9.17) is 0 Å². The zero-order valence-electron chi connectivity index (χ0n) is 6.43. The average molecular weight is 305 g/mol. The number of halogens is 3. The third-order valence-electron chi connectivity index (χ3n) is 1.33. The molecule has 0 aliphatic rings. The van der Waals surface area contributed by atoms with Crippen LogP contribution in [0.1, 0.15) is 11.1 Å². The molecule has 0 saturated heterocycles. The van der Waals surface area contributed by atoms with Gasteiger partial charge < -0.3 is 0 Å². The third-order valence-corrected chi connectivity index (χ3v) is 2.49. The van der Waals surface area contributed by atoms with Crippen molar-refractivity contribution in [3.8, 4) is 0 Å². The summed E-state index contributed by atoms with van der Waals surface area (Å²) in [6.07, 6.45) is 0. The van der Waals surface area contributed by atoms with Crippen LogP contribution in [0.2, 0.25) is 0 Å². The topological polar surface area (TPSA) is 0 Å². The molecular formula is C8H11Cl2I. The molecule has 0 radical (unpaired) electrons. The van der Waals surface area contributed by atoms with Gasteiger partial charge in [-0.3, -0.25) is 0 Å². The predicted octanol–water partition coefficient (Wildman–Crippen LogP) is 3.75. The van der Waals surface area contributed by atoms with E-state index in [2.05, 4.69) is 54.6 Å². The quantitative estimate of drug-likeness (QED) is 0.640. The van der Waals surface area contributed by atoms with Crippen molar-refractivity contribution in [1.82, 2.24) is 0 Å². The van der Waals surface area contributed by atoms with Crippen molar-refractivity contribution in [2.75, 3.05) is 0 Å². The fourth-order valence-electron chi connectivity index (χ4n) is 0.698. The monoisotopic (exact) mass is 304 g/mol. The second kappa shape index (κ2) is 6.09. The first-order chi connectivity index (χ1) is 4.20. The molecule has 0 unspecified atom stereocenters. The summed E-state index contributed by atoms with van der Waals surface area (Å²) in [4.78, 5) is 0. The fraction of sp³-hybridized carbons (Fsp3) is 0.250. The van der Waals surface area contributed by atoms with E-state index < -0.39 is 0 Å². The normalized spacial score (nSPS) is 7.91. The van der Waals surface area contributed by atoms with Crippen LogP contribution in [-0.2, 0) is 0 Å². The maximum Gasteiger partial charge on any atom is 0.0162 e. The first-order valence-corrected chi connectivity index (χ1v) is 4.01. The molecule has 0 aliphatic carbocycles. The van der Waals surface area contributed by atoms with Crippen molar-refractivity contribution in [3.63, 3.8) is 0 Å². The van der Waals surface area contributed by atoms with Gasteiger partial charge in [0.05, 0.1) is 0 Å². The molecule has 11 heavy (non-hydrogen) atoms. The fourth-order valence-corrected chi connectivity index (χ4v) is 1.37. The molecular weight excluding hydrogens is 294 g/mol. The molecule has 0 nitrogen and oxygen atoms in total. The minimum Gasteiger partial charge on any atom is -0.147 e. The van der Waals surface area contributed by atoms with Crippen LogP contribution in [-0.4, -0.2) is 0 Å². The second-order valence-electron chi connectivity index (χ2n) is 2.25. The molecule has 1 aromatic rings. The summed E-state index contributed by atoms with van der Waals surface area (Å²) in [5, 5.41) is 0. The minimum absolute atomic E-state index is 0. The molecule has 0 heterocycles. The van der Waals surface area contributed by atoms with Crippen molar-refractivity contribution in [3.05, 3.63) is 32.9 Å². The molecule has 0 fully saturated rings. The van der Waals surface area contributed by atoms with Gasteiger partial charge in [-0.25, -0.2) is 0 Å². The number of benzene rings is 1. The summed E-state index contributed by atoms with van der Waals surface area (Å²) < 4.78 is 1.35. The SMILES string of the molecule is Cc1ccc(C)c(I)c1.Cl.Cl. The largest absolute Gasteiger partial charge is 0.147 e. The molecule has 0 aliphatic heterocycles. The smallest absolute Gasteiger partial charge is 0.0162 e. The highest BCUT2D eigenvalue weighted by Gasteiger charge is 1.90. The number of aryl methyl sites for hydroxylation is 2. The van der Waals surface area contributed by atoms with Gasteiger partial charge in [0.2, 0.25) is 0 Å². The van der Waals surface area contributed by atoms with Gasteiger partial charge in [-0.05, 0) is 48.1 Å². The lowest BCUT2D eigenvalue weighted by atomic mass is 10.2. The Morgan fingerprint density at radius 3 is 2.00 bits per heavy atom. The van der Waals surface area contributed by atoms with Gasteiger partial charge >= 0.3 is 0 Å². The Kier molecular flexibility index (Phi) is 7.80. The van der Waals surface area contributed by atoms with Crippen molar-refractivity contribution in [1.29, 1.82) is 0 Å². The third kappa shape index (κ3) is 4.19. The maximum atomic E-state index is 2.35. The summed E-state index contributed by atoms with van der Waals surface area (Å²) >= 11 is 2.35. The Bertz CT molecular complexity index is 223. The Labute approximate surface area is 93.7 Å². The molecule has 0 bridgehead atoms. The van der Waals surface area contributed by atoms with Crippen LogP contribution >= 0.6 is 47.4 Å². The van der Waals surface area contributed by atoms with E-state index in [9.17, 15) is 0 Å². The summed E-state index contributed by atoms with van der Waals surface area (Å²) in [5.41, 5.74) is 2.70. The van der Waals surface area contributed by atoms with E-state index in [1.54, 1.807) is 0 Å². The maximum absolute atomic E-state index is 2.35. The van der Waals surface area contributed by atoms with Gasteiger partial charge in [-0.15, -0.1) is 24.8 Å². The zero-order chi connectivity index (χ0) is 6.85. The highest BCUT2D eigenvalue weighted by atomic mass is 127. The van der Waals surface area contributed by atoms with Crippen LogP contribution in [0.5, 0.6) is 0 Å². The van der Waals surface area contributed by atoms with Gasteiger partial charge in [0.15, 0.2) is 0 Å². The molecule has 0 amide bonds. The van der Waals surface area contributed by atoms with E-state index in [1.807, 2.05) is 0 Å². The Hall–Kier alpha value is 0.530. The summed E-state index contributed by atoms with van der Waals surface area (Å²) in [6.45, 7) is 4.24. The molecule has 3 heteroatoms. The molecule has 0 spiro atoms. The zero-order valence-corrected chi connectivity index (χ0v) is 10.2. The van der Waals surface area contributed by atoms with E-state index in [0.29, 0.717) is 0 Å². The summed E-state index contributed by atoms with van der Waals surface area (Å²) in [7, 11) is 0. The van der Waals surface area contributed by atoms with Crippen molar-refractivity contribution < 1.29 is 0 Å². The van der Waals surface area contributed by atoms with Crippen LogP contribution in [0, 0.1) is 17.4 Å².